The maximum absolute atomic E-state index is 10.8. The smallest absolute Gasteiger partial charge is 0.243 e. The molecule has 104 valence electrons. The molecule has 4 heteroatoms. The highest BCUT2D eigenvalue weighted by atomic mass is 16.5. The average molecular weight is 263 g/mol. The summed E-state index contributed by atoms with van der Waals surface area (Å²) >= 11 is 0. The molecule has 0 atom stereocenters. The van der Waals surface area contributed by atoms with Crippen LogP contribution in [0.5, 0.6) is 5.75 Å². The van der Waals surface area contributed by atoms with Gasteiger partial charge in [-0.25, -0.2) is 0 Å². The number of carbonyl (C=O) groups excluding carboxylic acids is 1. The van der Waals surface area contributed by atoms with Gasteiger partial charge in [-0.15, -0.1) is 0 Å². The number of para-hydroxylation sites is 1. The van der Waals surface area contributed by atoms with Crippen molar-refractivity contribution in [3.8, 4) is 5.75 Å². The van der Waals surface area contributed by atoms with E-state index in [0.29, 0.717) is 26.4 Å². The number of ether oxygens (including phenoxy) is 2. The molecule has 0 heterocycles. The SMILES string of the molecule is C=CC(=O)NCCCCOCCOc1ccccc1. The second-order valence-electron chi connectivity index (χ2n) is 3.98. The minimum absolute atomic E-state index is 0.128. The maximum atomic E-state index is 10.8. The van der Waals surface area contributed by atoms with Crippen LogP contribution in [0.25, 0.3) is 0 Å². The summed E-state index contributed by atoms with van der Waals surface area (Å²) in [6, 6.07) is 9.67. The molecule has 4 nitrogen and oxygen atoms in total. The van der Waals surface area contributed by atoms with E-state index in [9.17, 15) is 4.79 Å². The Labute approximate surface area is 114 Å². The molecule has 1 aromatic rings. The summed E-state index contributed by atoms with van der Waals surface area (Å²) in [5.74, 6) is 0.732. The van der Waals surface area contributed by atoms with Crippen molar-refractivity contribution in [1.82, 2.24) is 5.32 Å². The minimum Gasteiger partial charge on any atom is -0.491 e. The topological polar surface area (TPSA) is 47.6 Å². The molecule has 0 saturated carbocycles. The zero-order valence-corrected chi connectivity index (χ0v) is 11.1. The van der Waals surface area contributed by atoms with Crippen molar-refractivity contribution in [3.63, 3.8) is 0 Å². The third kappa shape index (κ3) is 8.00. The largest absolute Gasteiger partial charge is 0.491 e. The number of unbranched alkanes of at least 4 members (excludes halogenated alkanes) is 1. The van der Waals surface area contributed by atoms with Crippen molar-refractivity contribution in [3.05, 3.63) is 43.0 Å². The van der Waals surface area contributed by atoms with E-state index in [1.54, 1.807) is 0 Å². The first-order valence-corrected chi connectivity index (χ1v) is 6.49. The fraction of sp³-hybridized carbons (Fsp3) is 0.400. The first-order chi connectivity index (χ1) is 9.33. The second kappa shape index (κ2) is 10.1. The summed E-state index contributed by atoms with van der Waals surface area (Å²) in [6.45, 7) is 5.86. The van der Waals surface area contributed by atoms with Crippen LogP contribution in [0, 0.1) is 0 Å². The summed E-state index contributed by atoms with van der Waals surface area (Å²) < 4.78 is 10.9. The van der Waals surface area contributed by atoms with Gasteiger partial charge in [0, 0.05) is 13.2 Å². The number of benzene rings is 1. The van der Waals surface area contributed by atoms with Crippen molar-refractivity contribution in [2.24, 2.45) is 0 Å². The lowest BCUT2D eigenvalue weighted by molar-refractivity contribution is -0.116. The maximum Gasteiger partial charge on any atom is 0.243 e. The molecule has 0 fully saturated rings. The van der Waals surface area contributed by atoms with E-state index in [1.807, 2.05) is 30.3 Å². The highest BCUT2D eigenvalue weighted by Crippen LogP contribution is 2.07. The number of rotatable bonds is 10. The quantitative estimate of drug-likeness (QED) is 0.520. The molecule has 0 spiro atoms. The zero-order valence-electron chi connectivity index (χ0n) is 11.1. The van der Waals surface area contributed by atoms with Gasteiger partial charge in [-0.3, -0.25) is 4.79 Å². The predicted octanol–water partition coefficient (Wildman–Crippen LogP) is 2.16. The van der Waals surface area contributed by atoms with Gasteiger partial charge in [0.1, 0.15) is 12.4 Å². The molecule has 0 saturated heterocycles. The van der Waals surface area contributed by atoms with Gasteiger partial charge in [-0.05, 0) is 31.1 Å². The molecular formula is C15H21NO3. The highest BCUT2D eigenvalue weighted by molar-refractivity contribution is 5.86. The van der Waals surface area contributed by atoms with Gasteiger partial charge in [-0.2, -0.15) is 0 Å². The Hall–Kier alpha value is -1.81. The lowest BCUT2D eigenvalue weighted by Crippen LogP contribution is -2.22. The van der Waals surface area contributed by atoms with Crippen molar-refractivity contribution < 1.29 is 14.3 Å². The molecule has 0 unspecified atom stereocenters. The molecular weight excluding hydrogens is 242 g/mol. The Morgan fingerprint density at radius 1 is 1.16 bits per heavy atom. The molecule has 0 aliphatic rings. The van der Waals surface area contributed by atoms with Crippen molar-refractivity contribution >= 4 is 5.91 Å². The summed E-state index contributed by atoms with van der Waals surface area (Å²) in [6.07, 6.45) is 3.10. The van der Waals surface area contributed by atoms with Crippen LogP contribution in [0.15, 0.2) is 43.0 Å². The summed E-state index contributed by atoms with van der Waals surface area (Å²) in [5, 5.41) is 2.72. The number of amides is 1. The van der Waals surface area contributed by atoms with Crippen molar-refractivity contribution in [1.29, 1.82) is 0 Å². The molecule has 1 aromatic carbocycles. The van der Waals surface area contributed by atoms with Gasteiger partial charge >= 0.3 is 0 Å². The third-order valence-electron chi connectivity index (χ3n) is 2.44. The predicted molar refractivity (Wildman–Crippen MR) is 75.2 cm³/mol. The molecule has 0 radical (unpaired) electrons. The molecule has 1 amide bonds. The normalized spacial score (nSPS) is 9.89. The van der Waals surface area contributed by atoms with Crippen LogP contribution in [0.3, 0.4) is 0 Å². The van der Waals surface area contributed by atoms with Gasteiger partial charge in [0.05, 0.1) is 6.61 Å². The molecule has 0 aromatic heterocycles. The summed E-state index contributed by atoms with van der Waals surface area (Å²) in [4.78, 5) is 10.8. The Bertz CT molecular complexity index is 365. The lowest BCUT2D eigenvalue weighted by atomic mass is 10.3. The van der Waals surface area contributed by atoms with Crippen LogP contribution in [0.4, 0.5) is 0 Å². The van der Waals surface area contributed by atoms with Crippen LogP contribution in [-0.4, -0.2) is 32.3 Å². The average Bonchev–Trinajstić information content (AvgIpc) is 2.46. The third-order valence-corrected chi connectivity index (χ3v) is 2.44. The van der Waals surface area contributed by atoms with E-state index < -0.39 is 0 Å². The zero-order chi connectivity index (χ0) is 13.8. The Balaban J connectivity index is 1.86. The first-order valence-electron chi connectivity index (χ1n) is 6.49. The summed E-state index contributed by atoms with van der Waals surface area (Å²) in [7, 11) is 0. The molecule has 1 rings (SSSR count). The fourth-order valence-electron chi connectivity index (χ4n) is 1.45. The van der Waals surface area contributed by atoms with Crippen molar-refractivity contribution in [2.45, 2.75) is 12.8 Å². The summed E-state index contributed by atoms with van der Waals surface area (Å²) in [5.41, 5.74) is 0. The number of nitrogens with one attached hydrogen (secondary N) is 1. The lowest BCUT2D eigenvalue weighted by Gasteiger charge is -2.07. The Morgan fingerprint density at radius 2 is 1.95 bits per heavy atom. The van der Waals surface area contributed by atoms with E-state index in [0.717, 1.165) is 18.6 Å². The standard InChI is InChI=1S/C15H21NO3/c1-2-15(17)16-10-6-7-11-18-12-13-19-14-8-4-3-5-9-14/h2-5,8-9H,1,6-7,10-13H2,(H,16,17). The van der Waals surface area contributed by atoms with E-state index in [2.05, 4.69) is 11.9 Å². The highest BCUT2D eigenvalue weighted by Gasteiger charge is 1.94. The molecule has 0 bridgehead atoms. The van der Waals surface area contributed by atoms with Crippen molar-refractivity contribution in [2.75, 3.05) is 26.4 Å². The van der Waals surface area contributed by atoms with Gasteiger partial charge in [0.25, 0.3) is 0 Å². The van der Waals surface area contributed by atoms with Crippen LogP contribution in [0.1, 0.15) is 12.8 Å². The van der Waals surface area contributed by atoms with Gasteiger partial charge in [-0.1, -0.05) is 24.8 Å². The Kier molecular flexibility index (Phi) is 8.14. The number of carbonyl (C=O) groups is 1. The van der Waals surface area contributed by atoms with Crippen LogP contribution >= 0.6 is 0 Å². The van der Waals surface area contributed by atoms with Crippen LogP contribution in [-0.2, 0) is 9.53 Å². The minimum atomic E-state index is -0.128. The Morgan fingerprint density at radius 3 is 2.68 bits per heavy atom. The monoisotopic (exact) mass is 263 g/mol. The number of hydrogen-bond acceptors (Lipinski definition) is 3. The number of hydrogen-bond donors (Lipinski definition) is 1. The van der Waals surface area contributed by atoms with Crippen LogP contribution < -0.4 is 10.1 Å². The molecule has 1 N–H and O–H groups in total. The van der Waals surface area contributed by atoms with Crippen LogP contribution in [0.2, 0.25) is 0 Å². The molecule has 0 aliphatic heterocycles. The fourth-order valence-corrected chi connectivity index (χ4v) is 1.45. The van der Waals surface area contributed by atoms with E-state index in [4.69, 9.17) is 9.47 Å². The second-order valence-corrected chi connectivity index (χ2v) is 3.98. The first kappa shape index (κ1) is 15.2. The van der Waals surface area contributed by atoms with Gasteiger partial charge < -0.3 is 14.8 Å². The van der Waals surface area contributed by atoms with E-state index in [-0.39, 0.29) is 5.91 Å². The van der Waals surface area contributed by atoms with E-state index in [1.165, 1.54) is 6.08 Å². The molecule has 0 aliphatic carbocycles. The van der Waals surface area contributed by atoms with Gasteiger partial charge in [0.15, 0.2) is 0 Å². The van der Waals surface area contributed by atoms with Gasteiger partial charge in [0.2, 0.25) is 5.91 Å². The van der Waals surface area contributed by atoms with E-state index >= 15 is 0 Å². The molecule has 19 heavy (non-hydrogen) atoms.